The monoisotopic (exact) mass is 240 g/mol. The highest BCUT2D eigenvalue weighted by Crippen LogP contribution is 2.26. The molecule has 0 amide bonds. The summed E-state index contributed by atoms with van der Waals surface area (Å²) in [7, 11) is 0. The maximum Gasteiger partial charge on any atom is 0.297 e. The van der Waals surface area contributed by atoms with Gasteiger partial charge >= 0.3 is 0 Å². The van der Waals surface area contributed by atoms with Crippen LogP contribution in [0, 0.1) is 10.1 Å². The summed E-state index contributed by atoms with van der Waals surface area (Å²) < 4.78 is 0. The Hall–Kier alpha value is -2.76. The maximum atomic E-state index is 10.9. The summed E-state index contributed by atoms with van der Waals surface area (Å²) in [6, 6.07) is 8.46. The van der Waals surface area contributed by atoms with Crippen molar-refractivity contribution < 1.29 is 4.92 Å². The quantitative estimate of drug-likeness (QED) is 0.551. The molecule has 2 heterocycles. The second-order valence-electron chi connectivity index (χ2n) is 3.76. The molecular formula is C12H8N4O2. The van der Waals surface area contributed by atoms with Gasteiger partial charge in [-0.15, -0.1) is 0 Å². The molecule has 3 rings (SSSR count). The van der Waals surface area contributed by atoms with Crippen LogP contribution in [0.15, 0.2) is 42.7 Å². The summed E-state index contributed by atoms with van der Waals surface area (Å²) in [6.45, 7) is 0. The van der Waals surface area contributed by atoms with Crippen LogP contribution in [0.1, 0.15) is 0 Å². The topological polar surface area (TPSA) is 84.7 Å². The van der Waals surface area contributed by atoms with Gasteiger partial charge in [0.2, 0.25) is 0 Å². The smallest absolute Gasteiger partial charge is 0.297 e. The van der Waals surface area contributed by atoms with Gasteiger partial charge in [0.15, 0.2) is 5.52 Å². The van der Waals surface area contributed by atoms with E-state index in [2.05, 4.69) is 15.0 Å². The number of H-pyrrole nitrogens is 1. The van der Waals surface area contributed by atoms with Crippen molar-refractivity contribution >= 4 is 16.7 Å². The van der Waals surface area contributed by atoms with Crippen molar-refractivity contribution in [3.8, 4) is 11.4 Å². The lowest BCUT2D eigenvalue weighted by Crippen LogP contribution is -1.88. The summed E-state index contributed by atoms with van der Waals surface area (Å²) in [5, 5.41) is 10.9. The van der Waals surface area contributed by atoms with Gasteiger partial charge in [-0.3, -0.25) is 15.1 Å². The predicted molar refractivity (Wildman–Crippen MR) is 66.0 cm³/mol. The number of fused-ring (bicyclic) bond motifs is 1. The number of aromatic nitrogens is 3. The number of hydrogen-bond donors (Lipinski definition) is 1. The Morgan fingerprint density at radius 2 is 2.11 bits per heavy atom. The highest BCUT2D eigenvalue weighted by atomic mass is 16.6. The lowest BCUT2D eigenvalue weighted by molar-refractivity contribution is -0.383. The normalized spacial score (nSPS) is 10.7. The minimum absolute atomic E-state index is 0.00103. The maximum absolute atomic E-state index is 10.9. The summed E-state index contributed by atoms with van der Waals surface area (Å²) in [5.74, 6) is 0.576. The molecule has 0 bridgehead atoms. The number of aromatic amines is 1. The van der Waals surface area contributed by atoms with Gasteiger partial charge in [0.25, 0.3) is 5.69 Å². The number of imidazole rings is 1. The SMILES string of the molecule is O=[N+]([O-])c1cccc2[nH]c(-c3cccnc3)nc12. The Morgan fingerprint density at radius 3 is 2.83 bits per heavy atom. The zero-order valence-corrected chi connectivity index (χ0v) is 9.20. The van der Waals surface area contributed by atoms with Gasteiger partial charge in [-0.1, -0.05) is 6.07 Å². The van der Waals surface area contributed by atoms with Gasteiger partial charge in [0.1, 0.15) is 5.82 Å². The van der Waals surface area contributed by atoms with Crippen LogP contribution in [0.25, 0.3) is 22.4 Å². The van der Waals surface area contributed by atoms with Crippen LogP contribution in [0.5, 0.6) is 0 Å². The van der Waals surface area contributed by atoms with Crippen molar-refractivity contribution in [2.45, 2.75) is 0 Å². The molecule has 0 saturated heterocycles. The Kier molecular flexibility index (Phi) is 2.26. The second kappa shape index (κ2) is 3.92. The first-order valence-corrected chi connectivity index (χ1v) is 5.29. The van der Waals surface area contributed by atoms with E-state index in [-0.39, 0.29) is 5.69 Å². The number of para-hydroxylation sites is 1. The number of nitro benzene ring substituents is 1. The molecule has 0 aliphatic rings. The Balaban J connectivity index is 2.23. The van der Waals surface area contributed by atoms with Crippen LogP contribution >= 0.6 is 0 Å². The van der Waals surface area contributed by atoms with E-state index in [9.17, 15) is 10.1 Å². The number of hydrogen-bond acceptors (Lipinski definition) is 4. The van der Waals surface area contributed by atoms with Crippen LogP contribution in [0.2, 0.25) is 0 Å². The lowest BCUT2D eigenvalue weighted by Gasteiger charge is -1.92. The average Bonchev–Trinajstić information content (AvgIpc) is 2.83. The highest BCUT2D eigenvalue weighted by Gasteiger charge is 2.15. The van der Waals surface area contributed by atoms with Crippen molar-refractivity contribution in [2.75, 3.05) is 0 Å². The fourth-order valence-electron chi connectivity index (χ4n) is 1.80. The first-order valence-electron chi connectivity index (χ1n) is 5.29. The van der Waals surface area contributed by atoms with E-state index >= 15 is 0 Å². The highest BCUT2D eigenvalue weighted by molar-refractivity contribution is 5.87. The average molecular weight is 240 g/mol. The summed E-state index contributed by atoms with van der Waals surface area (Å²) >= 11 is 0. The molecule has 0 aliphatic heterocycles. The number of pyridine rings is 1. The number of nitro groups is 1. The third-order valence-electron chi connectivity index (χ3n) is 2.62. The summed E-state index contributed by atoms with van der Waals surface area (Å²) in [4.78, 5) is 21.8. The molecule has 0 saturated carbocycles. The molecular weight excluding hydrogens is 232 g/mol. The van der Waals surface area contributed by atoms with E-state index in [1.807, 2.05) is 6.07 Å². The molecule has 6 nitrogen and oxygen atoms in total. The largest absolute Gasteiger partial charge is 0.338 e. The summed E-state index contributed by atoms with van der Waals surface area (Å²) in [5.41, 5.74) is 1.80. The predicted octanol–water partition coefficient (Wildman–Crippen LogP) is 2.53. The molecule has 0 radical (unpaired) electrons. The first kappa shape index (κ1) is 10.4. The van der Waals surface area contributed by atoms with Gasteiger partial charge in [0.05, 0.1) is 10.4 Å². The van der Waals surface area contributed by atoms with Crippen LogP contribution < -0.4 is 0 Å². The third kappa shape index (κ3) is 1.60. The van der Waals surface area contributed by atoms with Crippen LogP contribution in [0.4, 0.5) is 5.69 Å². The number of nitrogens with one attached hydrogen (secondary N) is 1. The Bertz CT molecular complexity index is 721. The van der Waals surface area contributed by atoms with E-state index < -0.39 is 4.92 Å². The molecule has 0 spiro atoms. The molecule has 0 aliphatic carbocycles. The first-order chi connectivity index (χ1) is 8.75. The molecule has 2 aromatic heterocycles. The fourth-order valence-corrected chi connectivity index (χ4v) is 1.80. The van der Waals surface area contributed by atoms with Crippen LogP contribution in [0.3, 0.4) is 0 Å². The molecule has 3 aromatic rings. The zero-order chi connectivity index (χ0) is 12.5. The Morgan fingerprint density at radius 1 is 1.22 bits per heavy atom. The second-order valence-corrected chi connectivity index (χ2v) is 3.76. The van der Waals surface area contributed by atoms with Crippen molar-refractivity contribution in [1.29, 1.82) is 0 Å². The van der Waals surface area contributed by atoms with Crippen LogP contribution in [-0.4, -0.2) is 19.9 Å². The number of non-ortho nitro benzene ring substituents is 1. The molecule has 0 unspecified atom stereocenters. The molecule has 6 heteroatoms. The fraction of sp³-hybridized carbons (Fsp3) is 0. The number of rotatable bonds is 2. The van der Waals surface area contributed by atoms with E-state index in [1.54, 1.807) is 30.6 Å². The van der Waals surface area contributed by atoms with E-state index in [0.29, 0.717) is 16.9 Å². The van der Waals surface area contributed by atoms with Gasteiger partial charge in [-0.2, -0.15) is 0 Å². The molecule has 1 aromatic carbocycles. The molecule has 0 atom stereocenters. The molecule has 0 fully saturated rings. The standard InChI is InChI=1S/C12H8N4O2/c17-16(18)10-5-1-4-9-11(10)15-12(14-9)8-3-2-6-13-7-8/h1-7H,(H,14,15). The van der Waals surface area contributed by atoms with E-state index in [0.717, 1.165) is 5.56 Å². The Labute approximate surface area is 101 Å². The van der Waals surface area contributed by atoms with Crippen molar-refractivity contribution in [1.82, 2.24) is 15.0 Å². The van der Waals surface area contributed by atoms with Crippen molar-refractivity contribution in [2.24, 2.45) is 0 Å². The lowest BCUT2D eigenvalue weighted by atomic mass is 10.3. The van der Waals surface area contributed by atoms with Gasteiger partial charge in [-0.05, 0) is 18.2 Å². The van der Waals surface area contributed by atoms with E-state index in [1.165, 1.54) is 6.07 Å². The molecule has 18 heavy (non-hydrogen) atoms. The van der Waals surface area contributed by atoms with Gasteiger partial charge < -0.3 is 4.98 Å². The van der Waals surface area contributed by atoms with Crippen molar-refractivity contribution in [3.05, 3.63) is 52.8 Å². The number of benzene rings is 1. The van der Waals surface area contributed by atoms with Crippen LogP contribution in [-0.2, 0) is 0 Å². The minimum atomic E-state index is -0.434. The molecule has 1 N–H and O–H groups in total. The number of nitrogens with zero attached hydrogens (tertiary/aromatic N) is 3. The summed E-state index contributed by atoms with van der Waals surface area (Å²) in [6.07, 6.45) is 3.32. The van der Waals surface area contributed by atoms with Gasteiger partial charge in [0, 0.05) is 24.0 Å². The minimum Gasteiger partial charge on any atom is -0.338 e. The van der Waals surface area contributed by atoms with Gasteiger partial charge in [-0.25, -0.2) is 4.98 Å². The third-order valence-corrected chi connectivity index (χ3v) is 2.62. The van der Waals surface area contributed by atoms with E-state index in [4.69, 9.17) is 0 Å². The van der Waals surface area contributed by atoms with Crippen molar-refractivity contribution in [3.63, 3.8) is 0 Å². The molecule has 88 valence electrons. The zero-order valence-electron chi connectivity index (χ0n) is 9.20.